The van der Waals surface area contributed by atoms with Crippen LogP contribution in [0.3, 0.4) is 0 Å². The van der Waals surface area contributed by atoms with Crippen LogP contribution in [0.1, 0.15) is 57.2 Å². The number of hydrogen-bond donors (Lipinski definition) is 2. The van der Waals surface area contributed by atoms with E-state index in [2.05, 4.69) is 57.8 Å². The Balaban J connectivity index is 1.92. The lowest BCUT2D eigenvalue weighted by atomic mass is 9.63. The van der Waals surface area contributed by atoms with Gasteiger partial charge in [-0.25, -0.2) is 0 Å². The maximum absolute atomic E-state index is 5.75. The van der Waals surface area contributed by atoms with E-state index in [0.717, 1.165) is 22.6 Å². The molecule has 0 aliphatic heterocycles. The fourth-order valence-electron chi connectivity index (χ4n) is 3.59. The molecule has 0 radical (unpaired) electrons. The highest BCUT2D eigenvalue weighted by molar-refractivity contribution is 5.76. The molecule has 2 heteroatoms. The monoisotopic (exact) mass is 320 g/mol. The van der Waals surface area contributed by atoms with Crippen molar-refractivity contribution in [1.82, 2.24) is 0 Å². The number of nitrogen functional groups attached to an aromatic ring is 1. The van der Waals surface area contributed by atoms with Gasteiger partial charge in [0.15, 0.2) is 0 Å². The number of fused-ring (bicyclic) bond motifs is 1. The zero-order valence-electron chi connectivity index (χ0n) is 15.2. The lowest BCUT2D eigenvalue weighted by molar-refractivity contribution is 0.332. The van der Waals surface area contributed by atoms with Gasteiger partial charge in [0, 0.05) is 17.1 Å². The molecule has 2 aromatic rings. The molecule has 2 nitrogen and oxygen atoms in total. The molecule has 2 aromatic carbocycles. The third kappa shape index (κ3) is 3.06. The predicted octanol–water partition coefficient (Wildman–Crippen LogP) is 5.70. The molecule has 0 amide bonds. The molecule has 0 unspecified atom stereocenters. The molecule has 0 saturated carbocycles. The van der Waals surface area contributed by atoms with Gasteiger partial charge in [-0.2, -0.15) is 0 Å². The Hall–Kier alpha value is -2.22. The molecule has 24 heavy (non-hydrogen) atoms. The average Bonchev–Trinajstić information content (AvgIpc) is 2.54. The van der Waals surface area contributed by atoms with Crippen LogP contribution in [0.15, 0.2) is 49.0 Å². The minimum Gasteiger partial charge on any atom is -0.399 e. The molecule has 1 aliphatic rings. The number of nitrogens with two attached hydrogens (primary N) is 1. The predicted molar refractivity (Wildman–Crippen MR) is 105 cm³/mol. The topological polar surface area (TPSA) is 38.0 Å². The van der Waals surface area contributed by atoms with Crippen LogP contribution in [0.25, 0.3) is 5.70 Å². The van der Waals surface area contributed by atoms with E-state index in [0.29, 0.717) is 0 Å². The van der Waals surface area contributed by atoms with Gasteiger partial charge in [0.25, 0.3) is 0 Å². The Morgan fingerprint density at radius 3 is 2.12 bits per heavy atom. The molecule has 0 saturated heterocycles. The number of rotatable bonds is 3. The number of nitrogens with one attached hydrogen (secondary N) is 1. The van der Waals surface area contributed by atoms with Gasteiger partial charge in [0.2, 0.25) is 0 Å². The summed E-state index contributed by atoms with van der Waals surface area (Å²) in [5.74, 6) is 0. The van der Waals surface area contributed by atoms with Crippen LogP contribution >= 0.6 is 0 Å². The molecule has 0 fully saturated rings. The smallest absolute Gasteiger partial charge is 0.0385 e. The summed E-state index contributed by atoms with van der Waals surface area (Å²) in [4.78, 5) is 0. The Kier molecular flexibility index (Phi) is 3.95. The molecule has 1 aliphatic carbocycles. The minimum atomic E-state index is 0.211. The van der Waals surface area contributed by atoms with E-state index in [-0.39, 0.29) is 10.8 Å². The van der Waals surface area contributed by atoms with Crippen molar-refractivity contribution in [2.75, 3.05) is 11.1 Å². The van der Waals surface area contributed by atoms with E-state index in [4.69, 9.17) is 5.73 Å². The summed E-state index contributed by atoms with van der Waals surface area (Å²) < 4.78 is 0. The molecule has 126 valence electrons. The lowest BCUT2D eigenvalue weighted by Gasteiger charge is -2.42. The molecular formula is C22H28N2. The Labute approximate surface area is 145 Å². The quantitative estimate of drug-likeness (QED) is 0.712. The van der Waals surface area contributed by atoms with Crippen molar-refractivity contribution < 1.29 is 0 Å². The highest BCUT2D eigenvalue weighted by atomic mass is 14.9. The highest BCUT2D eigenvalue weighted by Crippen LogP contribution is 2.46. The zero-order valence-corrected chi connectivity index (χ0v) is 15.2. The highest BCUT2D eigenvalue weighted by Gasteiger charge is 2.36. The van der Waals surface area contributed by atoms with Crippen LogP contribution in [-0.4, -0.2) is 0 Å². The SMILES string of the molecule is C=C(Nc1ccc(N)cc1)c1ccc2c(c1)C(C)(C)CCC2(C)C. The van der Waals surface area contributed by atoms with Crippen molar-refractivity contribution in [2.24, 2.45) is 0 Å². The Morgan fingerprint density at radius 1 is 0.917 bits per heavy atom. The van der Waals surface area contributed by atoms with Crippen molar-refractivity contribution in [1.29, 1.82) is 0 Å². The summed E-state index contributed by atoms with van der Waals surface area (Å²) in [7, 11) is 0. The van der Waals surface area contributed by atoms with Crippen molar-refractivity contribution in [3.63, 3.8) is 0 Å². The standard InChI is InChI=1S/C22H28N2/c1-15(24-18-9-7-17(23)8-10-18)16-6-11-19-20(14-16)22(4,5)13-12-21(19,2)3/h6-11,14,24H,1,12-13,23H2,2-5H3. The zero-order chi connectivity index (χ0) is 17.5. The normalized spacial score (nSPS) is 17.8. The van der Waals surface area contributed by atoms with E-state index in [1.807, 2.05) is 24.3 Å². The van der Waals surface area contributed by atoms with Gasteiger partial charge in [-0.05, 0) is 70.7 Å². The average molecular weight is 320 g/mol. The fourth-order valence-corrected chi connectivity index (χ4v) is 3.59. The second-order valence-corrected chi connectivity index (χ2v) is 8.25. The molecule has 3 rings (SSSR count). The van der Waals surface area contributed by atoms with Crippen molar-refractivity contribution in [2.45, 2.75) is 51.4 Å². The van der Waals surface area contributed by atoms with Gasteiger partial charge in [0.1, 0.15) is 0 Å². The number of anilines is 2. The van der Waals surface area contributed by atoms with Crippen molar-refractivity contribution >= 4 is 17.1 Å². The van der Waals surface area contributed by atoms with Gasteiger partial charge in [-0.1, -0.05) is 46.4 Å². The van der Waals surface area contributed by atoms with E-state index < -0.39 is 0 Å². The van der Waals surface area contributed by atoms with Gasteiger partial charge in [-0.3, -0.25) is 0 Å². The fraction of sp³-hybridized carbons (Fsp3) is 0.364. The first-order chi connectivity index (χ1) is 11.2. The van der Waals surface area contributed by atoms with Crippen molar-refractivity contribution in [3.8, 4) is 0 Å². The second kappa shape index (κ2) is 5.70. The minimum absolute atomic E-state index is 0.211. The molecule has 0 aromatic heterocycles. The molecule has 0 atom stereocenters. The Morgan fingerprint density at radius 2 is 1.50 bits per heavy atom. The summed E-state index contributed by atoms with van der Waals surface area (Å²) in [5, 5.41) is 3.39. The van der Waals surface area contributed by atoms with Crippen LogP contribution < -0.4 is 11.1 Å². The summed E-state index contributed by atoms with van der Waals surface area (Å²) in [6.45, 7) is 13.6. The maximum atomic E-state index is 5.75. The second-order valence-electron chi connectivity index (χ2n) is 8.25. The van der Waals surface area contributed by atoms with Crippen molar-refractivity contribution in [3.05, 3.63) is 65.7 Å². The van der Waals surface area contributed by atoms with Crippen LogP contribution in [0.2, 0.25) is 0 Å². The number of benzene rings is 2. The first-order valence-electron chi connectivity index (χ1n) is 8.66. The van der Waals surface area contributed by atoms with E-state index in [1.54, 1.807) is 0 Å². The molecule has 3 N–H and O–H groups in total. The lowest BCUT2D eigenvalue weighted by Crippen LogP contribution is -2.33. The van der Waals surface area contributed by atoms with Crippen LogP contribution in [0, 0.1) is 0 Å². The number of hydrogen-bond acceptors (Lipinski definition) is 2. The third-order valence-corrected chi connectivity index (χ3v) is 5.41. The van der Waals surface area contributed by atoms with Crippen LogP contribution in [-0.2, 0) is 10.8 Å². The molecule has 0 bridgehead atoms. The van der Waals surface area contributed by atoms with Gasteiger partial charge in [0.05, 0.1) is 0 Å². The summed E-state index contributed by atoms with van der Waals surface area (Å²) in [6, 6.07) is 14.6. The van der Waals surface area contributed by atoms with Crippen LogP contribution in [0.5, 0.6) is 0 Å². The van der Waals surface area contributed by atoms with Gasteiger partial charge < -0.3 is 11.1 Å². The van der Waals surface area contributed by atoms with E-state index >= 15 is 0 Å². The summed E-state index contributed by atoms with van der Waals surface area (Å²) in [5.41, 5.74) is 13.0. The first kappa shape index (κ1) is 16.6. The summed E-state index contributed by atoms with van der Waals surface area (Å²) in [6.07, 6.45) is 2.45. The van der Waals surface area contributed by atoms with E-state index in [1.165, 1.54) is 24.0 Å². The molecule has 0 spiro atoms. The molecule has 0 heterocycles. The van der Waals surface area contributed by atoms with E-state index in [9.17, 15) is 0 Å². The Bertz CT molecular complexity index is 767. The van der Waals surface area contributed by atoms with Gasteiger partial charge in [-0.15, -0.1) is 0 Å². The molecular weight excluding hydrogens is 292 g/mol. The largest absolute Gasteiger partial charge is 0.399 e. The van der Waals surface area contributed by atoms with Crippen LogP contribution in [0.4, 0.5) is 11.4 Å². The van der Waals surface area contributed by atoms with Gasteiger partial charge >= 0.3 is 0 Å². The summed E-state index contributed by atoms with van der Waals surface area (Å²) >= 11 is 0. The third-order valence-electron chi connectivity index (χ3n) is 5.41. The first-order valence-corrected chi connectivity index (χ1v) is 8.66. The maximum Gasteiger partial charge on any atom is 0.0385 e.